The maximum atomic E-state index is 13.3. The zero-order chi connectivity index (χ0) is 22.1. The van der Waals surface area contributed by atoms with E-state index in [9.17, 15) is 13.2 Å². The number of nitrogens with zero attached hydrogens (tertiary/aromatic N) is 1. The quantitative estimate of drug-likeness (QED) is 0.471. The van der Waals surface area contributed by atoms with E-state index < -0.39 is 10.0 Å². The largest absolute Gasteiger partial charge is 0.431 e. The van der Waals surface area contributed by atoms with Crippen LogP contribution in [0.2, 0.25) is 0 Å². The van der Waals surface area contributed by atoms with Gasteiger partial charge in [-0.05, 0) is 43.9 Å². The van der Waals surface area contributed by atoms with Gasteiger partial charge in [-0.2, -0.15) is 4.31 Å². The molecule has 0 spiro atoms. The first-order chi connectivity index (χ1) is 14.0. The van der Waals surface area contributed by atoms with Crippen LogP contribution >= 0.6 is 0 Å². The average Bonchev–Trinajstić information content (AvgIpc) is 3.04. The molecule has 1 aromatic rings. The van der Waals surface area contributed by atoms with Crippen LogP contribution in [0.5, 0.6) is 0 Å². The van der Waals surface area contributed by atoms with Gasteiger partial charge in [-0.1, -0.05) is 56.5 Å². The Kier molecular flexibility index (Phi) is 6.58. The van der Waals surface area contributed by atoms with Crippen LogP contribution in [-0.4, -0.2) is 31.8 Å². The lowest BCUT2D eigenvalue weighted by Crippen LogP contribution is -2.29. The minimum atomic E-state index is -3.62. The van der Waals surface area contributed by atoms with Crippen molar-refractivity contribution in [2.45, 2.75) is 65.2 Å². The Balaban J connectivity index is 2.02. The Labute approximate surface area is 180 Å². The summed E-state index contributed by atoms with van der Waals surface area (Å²) in [6.45, 7) is 10.3. The second-order valence-corrected chi connectivity index (χ2v) is 11.1. The summed E-state index contributed by atoms with van der Waals surface area (Å²) in [4.78, 5) is 12.2. The maximum Gasteiger partial charge on any atom is 0.307 e. The third-order valence-corrected chi connectivity index (χ3v) is 7.79. The molecule has 0 amide bonds. The maximum absolute atomic E-state index is 13.3. The first kappa shape index (κ1) is 22.8. The van der Waals surface area contributed by atoms with Gasteiger partial charge in [0, 0.05) is 31.3 Å². The van der Waals surface area contributed by atoms with E-state index in [1.165, 1.54) is 16.8 Å². The summed E-state index contributed by atoms with van der Waals surface area (Å²) in [6, 6.07) is 6.95. The highest BCUT2D eigenvalue weighted by Crippen LogP contribution is 2.45. The molecule has 1 aromatic carbocycles. The van der Waals surface area contributed by atoms with E-state index in [2.05, 4.69) is 26.8 Å². The lowest BCUT2D eigenvalue weighted by Gasteiger charge is -2.28. The average molecular weight is 432 g/mol. The molecule has 1 heterocycles. The van der Waals surface area contributed by atoms with E-state index in [4.69, 9.17) is 4.74 Å². The summed E-state index contributed by atoms with van der Waals surface area (Å²) in [5.74, 6) is 0.221. The van der Waals surface area contributed by atoms with Gasteiger partial charge in [0.25, 0.3) is 0 Å². The number of allylic oxidation sites excluding steroid dienone is 2. The normalized spacial score (nSPS) is 21.8. The number of hydrogen-bond acceptors (Lipinski definition) is 4. The van der Waals surface area contributed by atoms with Crippen molar-refractivity contribution in [3.63, 3.8) is 0 Å². The van der Waals surface area contributed by atoms with Crippen LogP contribution in [0.3, 0.4) is 0 Å². The molecule has 0 radical (unpaired) electrons. The molecule has 3 rings (SSSR count). The van der Waals surface area contributed by atoms with Gasteiger partial charge in [-0.3, -0.25) is 4.79 Å². The van der Waals surface area contributed by atoms with Crippen molar-refractivity contribution in [2.75, 3.05) is 13.1 Å². The molecule has 0 bridgehead atoms. The number of ether oxygens (including phenoxy) is 1. The molecule has 164 valence electrons. The van der Waals surface area contributed by atoms with E-state index in [0.29, 0.717) is 17.2 Å². The van der Waals surface area contributed by atoms with Crippen LogP contribution in [0.25, 0.3) is 0 Å². The number of fused-ring (bicyclic) bond motifs is 1. The Morgan fingerprint density at radius 2 is 1.90 bits per heavy atom. The van der Waals surface area contributed by atoms with Crippen LogP contribution in [-0.2, 0) is 19.6 Å². The van der Waals surface area contributed by atoms with Crippen LogP contribution in [0, 0.1) is 18.3 Å². The Morgan fingerprint density at radius 1 is 1.23 bits per heavy atom. The molecule has 1 fully saturated rings. The van der Waals surface area contributed by atoms with Crippen molar-refractivity contribution >= 4 is 16.0 Å². The van der Waals surface area contributed by atoms with Crippen LogP contribution in [0.15, 0.2) is 52.1 Å². The second-order valence-electron chi connectivity index (χ2n) is 9.15. The molecule has 1 saturated heterocycles. The Hall–Kier alpha value is -1.92. The molecule has 0 unspecified atom stereocenters. The molecular weight excluding hydrogens is 398 g/mol. The fraction of sp³-hybridized carbons (Fsp3) is 0.542. The summed E-state index contributed by atoms with van der Waals surface area (Å²) in [7, 11) is -3.62. The van der Waals surface area contributed by atoms with Crippen molar-refractivity contribution in [3.8, 4) is 0 Å². The van der Waals surface area contributed by atoms with E-state index in [1.807, 2.05) is 19.1 Å². The number of sulfonamides is 1. The number of carbonyl (C=O) groups excluding carboxylic acids is 1. The number of aryl methyl sites for hydroxylation is 1. The topological polar surface area (TPSA) is 63.7 Å². The van der Waals surface area contributed by atoms with Crippen molar-refractivity contribution in [3.05, 3.63) is 52.8 Å². The number of unbranched alkanes of at least 4 members (excludes halogenated alkanes) is 1. The third-order valence-electron chi connectivity index (χ3n) is 5.96. The molecule has 2 aliphatic rings. The standard InChI is InChI=1S/C24H33NO4S/c1-6-7-8-19-13-20-15-25(30(27,28)21-11-9-17(2)10-12-21)16-22(20)23(29-18(3)26)24(4,5)14-19/h9-13,20H,6-8,14-16H2,1-5H3/t20-/m1/s1. The fourth-order valence-electron chi connectivity index (χ4n) is 4.49. The summed E-state index contributed by atoms with van der Waals surface area (Å²) >= 11 is 0. The number of hydrogen-bond donors (Lipinski definition) is 0. The first-order valence-electron chi connectivity index (χ1n) is 10.7. The first-order valence-corrected chi connectivity index (χ1v) is 12.2. The van der Waals surface area contributed by atoms with Gasteiger partial charge < -0.3 is 4.74 Å². The predicted octanol–water partition coefficient (Wildman–Crippen LogP) is 4.98. The number of rotatable bonds is 6. The molecule has 0 N–H and O–H groups in total. The van der Waals surface area contributed by atoms with Crippen molar-refractivity contribution < 1.29 is 17.9 Å². The van der Waals surface area contributed by atoms with E-state index >= 15 is 0 Å². The smallest absolute Gasteiger partial charge is 0.307 e. The van der Waals surface area contributed by atoms with Crippen molar-refractivity contribution in [1.82, 2.24) is 4.31 Å². The van der Waals surface area contributed by atoms with Gasteiger partial charge in [0.15, 0.2) is 0 Å². The molecule has 0 saturated carbocycles. The Morgan fingerprint density at radius 3 is 2.50 bits per heavy atom. The molecule has 1 aliphatic carbocycles. The minimum absolute atomic E-state index is 0.0618. The Bertz CT molecular complexity index is 971. The molecule has 5 nitrogen and oxygen atoms in total. The van der Waals surface area contributed by atoms with Crippen molar-refractivity contribution in [1.29, 1.82) is 0 Å². The number of esters is 1. The third kappa shape index (κ3) is 4.70. The van der Waals surface area contributed by atoms with Gasteiger partial charge in [0.1, 0.15) is 5.76 Å². The molecular formula is C24H33NO4S. The molecule has 0 aromatic heterocycles. The molecule has 1 atom stereocenters. The fourth-order valence-corrected chi connectivity index (χ4v) is 5.93. The number of carbonyl (C=O) groups is 1. The lowest BCUT2D eigenvalue weighted by molar-refractivity contribution is -0.138. The van der Waals surface area contributed by atoms with Gasteiger partial charge in [-0.15, -0.1) is 0 Å². The SMILES string of the molecule is CCCCC1=C[C@@H]2CN(S(=O)(=O)c3ccc(C)cc3)CC2=C(OC(C)=O)C(C)(C)C1. The summed E-state index contributed by atoms with van der Waals surface area (Å²) in [5, 5.41) is 0. The highest BCUT2D eigenvalue weighted by atomic mass is 32.2. The van der Waals surface area contributed by atoms with Crippen LogP contribution in [0.1, 0.15) is 58.9 Å². The lowest BCUT2D eigenvalue weighted by atomic mass is 9.82. The van der Waals surface area contributed by atoms with Gasteiger partial charge in [-0.25, -0.2) is 8.42 Å². The van der Waals surface area contributed by atoms with Crippen molar-refractivity contribution in [2.24, 2.45) is 11.3 Å². The monoisotopic (exact) mass is 431 g/mol. The van der Waals surface area contributed by atoms with E-state index in [-0.39, 0.29) is 23.8 Å². The predicted molar refractivity (Wildman–Crippen MR) is 118 cm³/mol. The van der Waals surface area contributed by atoms with Gasteiger partial charge in [0.2, 0.25) is 10.0 Å². The van der Waals surface area contributed by atoms with Crippen LogP contribution in [0.4, 0.5) is 0 Å². The highest BCUT2D eigenvalue weighted by Gasteiger charge is 2.42. The molecule has 1 aliphatic heterocycles. The van der Waals surface area contributed by atoms with Gasteiger partial charge >= 0.3 is 5.97 Å². The van der Waals surface area contributed by atoms with E-state index in [1.54, 1.807) is 12.1 Å². The van der Waals surface area contributed by atoms with Gasteiger partial charge in [0.05, 0.1) is 4.90 Å². The number of benzene rings is 1. The zero-order valence-electron chi connectivity index (χ0n) is 18.7. The van der Waals surface area contributed by atoms with Crippen LogP contribution < -0.4 is 0 Å². The summed E-state index contributed by atoms with van der Waals surface area (Å²) in [5.41, 5.74) is 2.89. The second kappa shape index (κ2) is 8.67. The molecule has 30 heavy (non-hydrogen) atoms. The molecule has 6 heteroatoms. The summed E-state index contributed by atoms with van der Waals surface area (Å²) < 4.78 is 33.8. The highest BCUT2D eigenvalue weighted by molar-refractivity contribution is 7.89. The summed E-state index contributed by atoms with van der Waals surface area (Å²) in [6.07, 6.45) is 6.24. The zero-order valence-corrected chi connectivity index (χ0v) is 19.5. The minimum Gasteiger partial charge on any atom is -0.431 e. The van der Waals surface area contributed by atoms with E-state index in [0.717, 1.165) is 36.8 Å².